The lowest BCUT2D eigenvalue weighted by Crippen LogP contribution is -2.36. The van der Waals surface area contributed by atoms with Crippen molar-refractivity contribution < 1.29 is 4.79 Å². The van der Waals surface area contributed by atoms with E-state index >= 15 is 0 Å². The second-order valence-electron chi connectivity index (χ2n) is 2.95. The topological polar surface area (TPSA) is 20.3 Å². The van der Waals surface area contributed by atoms with Gasteiger partial charge in [-0.2, -0.15) is 0 Å². The van der Waals surface area contributed by atoms with Gasteiger partial charge in [-0.1, -0.05) is 6.92 Å². The molecule has 0 saturated carbocycles. The number of nitrogens with zero attached hydrogens (tertiary/aromatic N) is 1. The molecular formula is C8H14NO. The van der Waals surface area contributed by atoms with E-state index in [0.29, 0.717) is 5.92 Å². The minimum absolute atomic E-state index is 0.201. The van der Waals surface area contributed by atoms with Crippen molar-refractivity contribution in [3.8, 4) is 0 Å². The van der Waals surface area contributed by atoms with Crippen molar-refractivity contribution in [3.63, 3.8) is 0 Å². The smallest absolute Gasteiger partial charge is 0.219 e. The monoisotopic (exact) mass is 140 g/mol. The van der Waals surface area contributed by atoms with Gasteiger partial charge >= 0.3 is 0 Å². The predicted octanol–water partition coefficient (Wildman–Crippen LogP) is 1.08. The van der Waals surface area contributed by atoms with E-state index in [-0.39, 0.29) is 5.91 Å². The van der Waals surface area contributed by atoms with Gasteiger partial charge in [0.1, 0.15) is 0 Å². The van der Waals surface area contributed by atoms with Gasteiger partial charge in [-0.15, -0.1) is 0 Å². The summed E-state index contributed by atoms with van der Waals surface area (Å²) in [6.45, 7) is 7.39. The summed E-state index contributed by atoms with van der Waals surface area (Å²) < 4.78 is 0. The van der Waals surface area contributed by atoms with Gasteiger partial charge in [-0.3, -0.25) is 4.79 Å². The van der Waals surface area contributed by atoms with Crippen LogP contribution in [-0.4, -0.2) is 23.9 Å². The molecule has 0 atom stereocenters. The number of carbonyl (C=O) groups excluding carboxylic acids is 1. The van der Waals surface area contributed by atoms with Crippen molar-refractivity contribution in [1.29, 1.82) is 0 Å². The summed E-state index contributed by atoms with van der Waals surface area (Å²) in [5.41, 5.74) is 0. The third-order valence-electron chi connectivity index (χ3n) is 2.06. The molecule has 1 radical (unpaired) electrons. The maximum Gasteiger partial charge on any atom is 0.219 e. The summed E-state index contributed by atoms with van der Waals surface area (Å²) in [6, 6.07) is 0. The van der Waals surface area contributed by atoms with Gasteiger partial charge in [0.15, 0.2) is 0 Å². The molecule has 0 aromatic rings. The Bertz CT molecular complexity index is 125. The molecule has 0 N–H and O–H groups in total. The summed E-state index contributed by atoms with van der Waals surface area (Å²) in [5.74, 6) is 0.766. The summed E-state index contributed by atoms with van der Waals surface area (Å²) >= 11 is 0. The van der Waals surface area contributed by atoms with Crippen LogP contribution >= 0.6 is 0 Å². The second kappa shape index (κ2) is 3.04. The van der Waals surface area contributed by atoms with Crippen LogP contribution < -0.4 is 0 Å². The highest BCUT2D eigenvalue weighted by molar-refractivity contribution is 5.73. The first-order valence-electron chi connectivity index (χ1n) is 3.78. The van der Waals surface area contributed by atoms with Crippen LogP contribution in [0.5, 0.6) is 0 Å². The molecule has 0 aliphatic carbocycles. The summed E-state index contributed by atoms with van der Waals surface area (Å²) in [4.78, 5) is 12.7. The van der Waals surface area contributed by atoms with Gasteiger partial charge in [0, 0.05) is 20.0 Å². The zero-order chi connectivity index (χ0) is 7.56. The molecule has 2 nitrogen and oxygen atoms in total. The predicted molar refractivity (Wildman–Crippen MR) is 40.3 cm³/mol. The maximum atomic E-state index is 10.8. The van der Waals surface area contributed by atoms with Crippen LogP contribution in [-0.2, 0) is 4.79 Å². The van der Waals surface area contributed by atoms with Crippen LogP contribution in [0.1, 0.15) is 19.8 Å². The minimum atomic E-state index is 0.201. The average molecular weight is 140 g/mol. The van der Waals surface area contributed by atoms with Crippen LogP contribution in [0.25, 0.3) is 0 Å². The molecule has 1 saturated heterocycles. The second-order valence-corrected chi connectivity index (χ2v) is 2.95. The van der Waals surface area contributed by atoms with Crippen molar-refractivity contribution in [2.75, 3.05) is 13.1 Å². The molecule has 0 bridgehead atoms. The quantitative estimate of drug-likeness (QED) is 0.493. The molecule has 1 aliphatic heterocycles. The fraction of sp³-hybridized carbons (Fsp3) is 0.750. The Balaban J connectivity index is 2.33. The Hall–Kier alpha value is -0.530. The van der Waals surface area contributed by atoms with Gasteiger partial charge < -0.3 is 4.90 Å². The molecular weight excluding hydrogens is 126 g/mol. The molecule has 10 heavy (non-hydrogen) atoms. The number of amides is 1. The van der Waals surface area contributed by atoms with E-state index in [0.717, 1.165) is 25.9 Å². The van der Waals surface area contributed by atoms with Gasteiger partial charge in [-0.25, -0.2) is 0 Å². The average Bonchev–Trinajstić information content (AvgIpc) is 1.88. The molecule has 0 unspecified atom stereocenters. The van der Waals surface area contributed by atoms with Crippen LogP contribution in [0.3, 0.4) is 0 Å². The van der Waals surface area contributed by atoms with Crippen molar-refractivity contribution >= 4 is 5.91 Å². The van der Waals surface area contributed by atoms with Crippen molar-refractivity contribution in [2.45, 2.75) is 19.8 Å². The zero-order valence-corrected chi connectivity index (χ0v) is 6.47. The Kier molecular flexibility index (Phi) is 2.30. The van der Waals surface area contributed by atoms with Crippen molar-refractivity contribution in [3.05, 3.63) is 6.92 Å². The largest absolute Gasteiger partial charge is 0.343 e. The molecule has 1 heterocycles. The Morgan fingerprint density at radius 3 is 2.40 bits per heavy atom. The van der Waals surface area contributed by atoms with Gasteiger partial charge in [0.25, 0.3) is 0 Å². The standard InChI is InChI=1S/C8H14NO/c1-7-3-5-9(6-4-7)8(2)10/h7H,1,3-6H2,2H3. The first-order valence-corrected chi connectivity index (χ1v) is 3.78. The highest BCUT2D eigenvalue weighted by atomic mass is 16.2. The van der Waals surface area contributed by atoms with E-state index in [9.17, 15) is 4.79 Å². The van der Waals surface area contributed by atoms with Crippen LogP contribution in [0.2, 0.25) is 0 Å². The van der Waals surface area contributed by atoms with E-state index in [1.807, 2.05) is 4.90 Å². The van der Waals surface area contributed by atoms with Crippen LogP contribution in [0.15, 0.2) is 0 Å². The van der Waals surface area contributed by atoms with E-state index < -0.39 is 0 Å². The molecule has 1 amide bonds. The van der Waals surface area contributed by atoms with E-state index in [4.69, 9.17) is 0 Å². The number of piperidine rings is 1. The van der Waals surface area contributed by atoms with Crippen molar-refractivity contribution in [1.82, 2.24) is 4.90 Å². The number of hydrogen-bond acceptors (Lipinski definition) is 1. The van der Waals surface area contributed by atoms with Crippen LogP contribution in [0.4, 0.5) is 0 Å². The molecule has 1 aliphatic rings. The number of carbonyl (C=O) groups is 1. The molecule has 0 spiro atoms. The fourth-order valence-corrected chi connectivity index (χ4v) is 1.25. The molecule has 0 aromatic heterocycles. The first kappa shape index (κ1) is 7.58. The van der Waals surface area contributed by atoms with Crippen molar-refractivity contribution in [2.24, 2.45) is 5.92 Å². The Morgan fingerprint density at radius 1 is 1.50 bits per heavy atom. The summed E-state index contributed by atoms with van der Waals surface area (Å²) in [5, 5.41) is 0. The van der Waals surface area contributed by atoms with Gasteiger partial charge in [-0.05, 0) is 18.8 Å². The SMILES string of the molecule is [CH2]C1CCN(C(C)=O)CC1. The summed E-state index contributed by atoms with van der Waals surface area (Å²) in [6.07, 6.45) is 2.14. The Labute approximate surface area is 62.2 Å². The summed E-state index contributed by atoms with van der Waals surface area (Å²) in [7, 11) is 0. The number of rotatable bonds is 0. The molecule has 57 valence electrons. The maximum absolute atomic E-state index is 10.8. The van der Waals surface area contributed by atoms with E-state index in [2.05, 4.69) is 6.92 Å². The highest BCUT2D eigenvalue weighted by Crippen LogP contribution is 2.14. The molecule has 1 fully saturated rings. The number of likely N-dealkylation sites (tertiary alicyclic amines) is 1. The molecule has 1 rings (SSSR count). The zero-order valence-electron chi connectivity index (χ0n) is 6.47. The van der Waals surface area contributed by atoms with E-state index in [1.165, 1.54) is 0 Å². The lowest BCUT2D eigenvalue weighted by atomic mass is 9.99. The molecule has 2 heteroatoms. The third kappa shape index (κ3) is 1.72. The lowest BCUT2D eigenvalue weighted by Gasteiger charge is -2.29. The fourth-order valence-electron chi connectivity index (χ4n) is 1.25. The third-order valence-corrected chi connectivity index (χ3v) is 2.06. The van der Waals surface area contributed by atoms with Gasteiger partial charge in [0.05, 0.1) is 0 Å². The minimum Gasteiger partial charge on any atom is -0.343 e. The van der Waals surface area contributed by atoms with Crippen LogP contribution in [0, 0.1) is 12.8 Å². The normalized spacial score (nSPS) is 21.2. The highest BCUT2D eigenvalue weighted by Gasteiger charge is 2.16. The molecule has 0 aromatic carbocycles. The first-order chi connectivity index (χ1) is 4.70. The lowest BCUT2D eigenvalue weighted by molar-refractivity contribution is -0.129. The Morgan fingerprint density at radius 2 is 2.00 bits per heavy atom. The number of hydrogen-bond donors (Lipinski definition) is 0. The van der Waals surface area contributed by atoms with Gasteiger partial charge in [0.2, 0.25) is 5.91 Å². The van der Waals surface area contributed by atoms with E-state index in [1.54, 1.807) is 6.92 Å².